The number of hydrogen-bond acceptors (Lipinski definition) is 2. The second-order valence-corrected chi connectivity index (χ2v) is 5.77. The van der Waals surface area contributed by atoms with E-state index in [9.17, 15) is 4.79 Å². The predicted molar refractivity (Wildman–Crippen MR) is 79.5 cm³/mol. The summed E-state index contributed by atoms with van der Waals surface area (Å²) in [6, 6.07) is 6.07. The highest BCUT2D eigenvalue weighted by Gasteiger charge is 2.18. The van der Waals surface area contributed by atoms with Crippen LogP contribution < -0.4 is 0 Å². The van der Waals surface area contributed by atoms with Gasteiger partial charge in [-0.3, -0.25) is 9.48 Å². The minimum atomic E-state index is 0.109. The van der Waals surface area contributed by atoms with E-state index in [1.165, 1.54) is 17.5 Å². The third kappa shape index (κ3) is 2.27. The van der Waals surface area contributed by atoms with Gasteiger partial charge >= 0.3 is 0 Å². The van der Waals surface area contributed by atoms with E-state index >= 15 is 0 Å². The molecule has 2 aromatic rings. The fraction of sp³-hybridized carbons (Fsp3) is 0.375. The molecule has 0 aliphatic heterocycles. The number of aryl methyl sites for hydroxylation is 4. The molecule has 1 heterocycles. The van der Waals surface area contributed by atoms with Crippen molar-refractivity contribution < 1.29 is 4.79 Å². The van der Waals surface area contributed by atoms with Gasteiger partial charge in [0.2, 0.25) is 0 Å². The maximum atomic E-state index is 12.4. The molecule has 20 heavy (non-hydrogen) atoms. The summed E-state index contributed by atoms with van der Waals surface area (Å²) in [6.45, 7) is 1.89. The van der Waals surface area contributed by atoms with Crippen LogP contribution in [-0.2, 0) is 26.3 Å². The van der Waals surface area contributed by atoms with Gasteiger partial charge in [0.15, 0.2) is 5.78 Å². The first-order valence-electron chi connectivity index (χ1n) is 6.89. The summed E-state index contributed by atoms with van der Waals surface area (Å²) < 4.78 is 1.61. The summed E-state index contributed by atoms with van der Waals surface area (Å²) in [5, 5.41) is 4.80. The Morgan fingerprint density at radius 2 is 2.10 bits per heavy atom. The first-order chi connectivity index (χ1) is 9.56. The van der Waals surface area contributed by atoms with Crippen LogP contribution in [0.3, 0.4) is 0 Å². The average molecular weight is 289 g/mol. The molecular formula is C16H17ClN2O. The molecule has 0 amide bonds. The van der Waals surface area contributed by atoms with E-state index in [0.717, 1.165) is 29.7 Å². The Hall–Kier alpha value is -1.61. The number of hydrogen-bond donors (Lipinski definition) is 0. The summed E-state index contributed by atoms with van der Waals surface area (Å²) >= 11 is 6.19. The van der Waals surface area contributed by atoms with Gasteiger partial charge in [-0.05, 0) is 43.4 Å². The molecule has 0 saturated carbocycles. The van der Waals surface area contributed by atoms with E-state index in [0.29, 0.717) is 11.6 Å². The smallest absolute Gasteiger partial charge is 0.167 e. The first kappa shape index (κ1) is 13.4. The Balaban J connectivity index is 1.86. The van der Waals surface area contributed by atoms with Crippen LogP contribution in [0.5, 0.6) is 0 Å². The zero-order chi connectivity index (χ0) is 14.3. The van der Waals surface area contributed by atoms with Gasteiger partial charge in [-0.1, -0.05) is 23.7 Å². The van der Waals surface area contributed by atoms with Crippen LogP contribution in [0.2, 0.25) is 5.15 Å². The molecule has 0 fully saturated rings. The van der Waals surface area contributed by atoms with Crippen molar-refractivity contribution in [1.82, 2.24) is 9.78 Å². The second-order valence-electron chi connectivity index (χ2n) is 5.42. The molecule has 0 radical (unpaired) electrons. The summed E-state index contributed by atoms with van der Waals surface area (Å²) in [5.41, 5.74) is 5.15. The number of halogens is 1. The number of benzene rings is 1. The van der Waals surface area contributed by atoms with Crippen LogP contribution in [0.4, 0.5) is 0 Å². The van der Waals surface area contributed by atoms with Crippen molar-refractivity contribution in [2.24, 2.45) is 7.05 Å². The second kappa shape index (κ2) is 5.06. The minimum absolute atomic E-state index is 0.109. The Kier molecular flexibility index (Phi) is 3.38. The van der Waals surface area contributed by atoms with Crippen LogP contribution in [0.25, 0.3) is 0 Å². The molecular weight excluding hydrogens is 272 g/mol. The van der Waals surface area contributed by atoms with Crippen molar-refractivity contribution >= 4 is 17.4 Å². The lowest BCUT2D eigenvalue weighted by Crippen LogP contribution is -2.05. The molecule has 3 nitrogen and oxygen atoms in total. The summed E-state index contributed by atoms with van der Waals surface area (Å²) in [5.74, 6) is 0.109. The zero-order valence-electron chi connectivity index (χ0n) is 11.7. The number of aromatic nitrogens is 2. The van der Waals surface area contributed by atoms with Crippen molar-refractivity contribution in [3.8, 4) is 0 Å². The number of carbonyl (C=O) groups excluding carboxylic acids is 1. The highest BCUT2D eigenvalue weighted by Crippen LogP contribution is 2.25. The van der Waals surface area contributed by atoms with Gasteiger partial charge in [0.25, 0.3) is 0 Å². The maximum absolute atomic E-state index is 12.4. The van der Waals surface area contributed by atoms with Gasteiger partial charge in [-0.15, -0.1) is 0 Å². The normalized spacial score (nSPS) is 13.6. The first-order valence-corrected chi connectivity index (χ1v) is 7.27. The molecule has 104 valence electrons. The average Bonchev–Trinajstić information content (AvgIpc) is 2.98. The lowest BCUT2D eigenvalue weighted by atomic mass is 10.00. The molecule has 1 aromatic heterocycles. The van der Waals surface area contributed by atoms with Crippen molar-refractivity contribution in [3.63, 3.8) is 0 Å². The summed E-state index contributed by atoms with van der Waals surface area (Å²) in [7, 11) is 1.79. The van der Waals surface area contributed by atoms with E-state index in [1.54, 1.807) is 11.7 Å². The number of rotatable bonds is 3. The highest BCUT2D eigenvalue weighted by molar-refractivity contribution is 6.30. The molecule has 0 bridgehead atoms. The molecule has 4 heteroatoms. The molecule has 3 rings (SSSR count). The van der Waals surface area contributed by atoms with Crippen molar-refractivity contribution in [2.75, 3.05) is 0 Å². The molecule has 0 atom stereocenters. The van der Waals surface area contributed by atoms with E-state index in [4.69, 9.17) is 11.6 Å². The number of fused-ring (bicyclic) bond motifs is 1. The van der Waals surface area contributed by atoms with Crippen LogP contribution >= 0.6 is 11.6 Å². The van der Waals surface area contributed by atoms with Crippen molar-refractivity contribution in [1.29, 1.82) is 0 Å². The summed E-state index contributed by atoms with van der Waals surface area (Å²) in [6.07, 6.45) is 3.73. The van der Waals surface area contributed by atoms with Gasteiger partial charge in [0.1, 0.15) is 5.15 Å². The molecule has 0 unspecified atom stereocenters. The van der Waals surface area contributed by atoms with E-state index in [-0.39, 0.29) is 5.78 Å². The molecule has 1 aliphatic rings. The van der Waals surface area contributed by atoms with Gasteiger partial charge in [0, 0.05) is 24.6 Å². The molecule has 0 spiro atoms. The van der Waals surface area contributed by atoms with Gasteiger partial charge in [-0.25, -0.2) is 0 Å². The number of carbonyl (C=O) groups is 1. The number of Topliss-reactive ketones (excluding diaryl/α,β-unsaturated/α-hetero) is 1. The summed E-state index contributed by atoms with van der Waals surface area (Å²) in [4.78, 5) is 12.4. The number of ketones is 1. The van der Waals surface area contributed by atoms with Crippen LogP contribution in [0.1, 0.15) is 39.2 Å². The monoisotopic (exact) mass is 288 g/mol. The fourth-order valence-corrected chi connectivity index (χ4v) is 3.12. The van der Waals surface area contributed by atoms with E-state index < -0.39 is 0 Å². The number of nitrogens with zero attached hydrogens (tertiary/aromatic N) is 2. The quantitative estimate of drug-likeness (QED) is 0.812. The molecule has 1 aromatic carbocycles. The zero-order valence-corrected chi connectivity index (χ0v) is 12.5. The Morgan fingerprint density at radius 1 is 1.35 bits per heavy atom. The minimum Gasteiger partial charge on any atom is -0.294 e. The topological polar surface area (TPSA) is 34.9 Å². The van der Waals surface area contributed by atoms with E-state index in [1.807, 2.05) is 19.1 Å². The van der Waals surface area contributed by atoms with Gasteiger partial charge in [-0.2, -0.15) is 5.10 Å². The fourth-order valence-electron chi connectivity index (χ4n) is 2.88. The highest BCUT2D eigenvalue weighted by atomic mass is 35.5. The van der Waals surface area contributed by atoms with Crippen molar-refractivity contribution in [3.05, 3.63) is 51.3 Å². The van der Waals surface area contributed by atoms with E-state index in [2.05, 4.69) is 11.2 Å². The molecule has 1 aliphatic carbocycles. The predicted octanol–water partition coefficient (Wildman–Crippen LogP) is 3.30. The Morgan fingerprint density at radius 3 is 2.80 bits per heavy atom. The largest absolute Gasteiger partial charge is 0.294 e. The SMILES string of the molecule is Cc1nn(C)c(Cl)c1CC(=O)c1ccc2c(c1)CCC2. The molecule has 0 saturated heterocycles. The van der Waals surface area contributed by atoms with Gasteiger partial charge < -0.3 is 0 Å². The Bertz CT molecular complexity index is 688. The van der Waals surface area contributed by atoms with Crippen LogP contribution in [-0.4, -0.2) is 15.6 Å². The van der Waals surface area contributed by atoms with Gasteiger partial charge in [0.05, 0.1) is 5.69 Å². The van der Waals surface area contributed by atoms with Crippen LogP contribution in [0.15, 0.2) is 18.2 Å². The lowest BCUT2D eigenvalue weighted by Gasteiger charge is -2.05. The Labute approximate surface area is 123 Å². The maximum Gasteiger partial charge on any atom is 0.167 e. The standard InChI is InChI=1S/C16H17ClN2O/c1-10-14(16(17)19(2)18-10)9-15(20)13-7-6-11-4-3-5-12(11)8-13/h6-8H,3-5,9H2,1-2H3. The lowest BCUT2D eigenvalue weighted by molar-refractivity contribution is 0.0992. The molecule has 0 N–H and O–H groups in total. The van der Waals surface area contributed by atoms with Crippen LogP contribution in [0, 0.1) is 6.92 Å². The van der Waals surface area contributed by atoms with Crippen molar-refractivity contribution in [2.45, 2.75) is 32.6 Å². The third-order valence-corrected chi connectivity index (χ3v) is 4.50. The third-order valence-electron chi connectivity index (χ3n) is 4.03.